The quantitative estimate of drug-likeness (QED) is 0.743. The lowest BCUT2D eigenvalue weighted by Gasteiger charge is -2.67. The van der Waals surface area contributed by atoms with E-state index in [0.29, 0.717) is 36.7 Å². The number of carboxylic acids is 1. The fraction of sp³-hybridized carbons (Fsp3) is 0.875. The van der Waals surface area contributed by atoms with Crippen molar-refractivity contribution in [3.8, 4) is 0 Å². The molecule has 0 aliphatic heterocycles. The van der Waals surface area contributed by atoms with Crippen molar-refractivity contribution in [2.75, 3.05) is 0 Å². The Morgan fingerprint density at radius 2 is 1.76 bits per heavy atom. The van der Waals surface area contributed by atoms with Crippen molar-refractivity contribution in [1.29, 1.82) is 0 Å². The number of aliphatic carboxylic acids is 1. The van der Waals surface area contributed by atoms with Gasteiger partial charge in [0.05, 0.1) is 6.42 Å². The molecule has 0 saturated heterocycles. The topological polar surface area (TPSA) is 97.5 Å². The number of Topliss-reactive ketones (excluding diaryl/α,β-unsaturated/α-hetero) is 2. The van der Waals surface area contributed by atoms with E-state index >= 15 is 0 Å². The van der Waals surface area contributed by atoms with Gasteiger partial charge in [0.1, 0.15) is 11.6 Å². The highest BCUT2D eigenvalue weighted by atomic mass is 16.4. The van der Waals surface area contributed by atoms with E-state index in [9.17, 15) is 19.5 Å². The zero-order valence-electron chi connectivity index (χ0n) is 18.4. The zero-order chi connectivity index (χ0) is 21.4. The van der Waals surface area contributed by atoms with Gasteiger partial charge in [-0.2, -0.15) is 0 Å². The molecular weight excluding hydrogens is 366 g/mol. The lowest BCUT2D eigenvalue weighted by atomic mass is 9.35. The number of nitrogens with two attached hydrogens (primary N) is 1. The van der Waals surface area contributed by atoms with Crippen LogP contribution >= 0.6 is 0 Å². The molecule has 0 aromatic rings. The molecule has 0 bridgehead atoms. The second kappa shape index (κ2) is 6.38. The number of carboxylic acid groups (broad SMARTS) is 1. The second-order valence-electron chi connectivity index (χ2n) is 11.7. The second-order valence-corrected chi connectivity index (χ2v) is 11.7. The van der Waals surface area contributed by atoms with Gasteiger partial charge in [-0.1, -0.05) is 27.7 Å². The van der Waals surface area contributed by atoms with Gasteiger partial charge in [0.2, 0.25) is 0 Å². The smallest absolute Gasteiger partial charge is 0.304 e. The first-order valence-electron chi connectivity index (χ1n) is 11.4. The van der Waals surface area contributed by atoms with E-state index < -0.39 is 5.97 Å². The van der Waals surface area contributed by atoms with Crippen LogP contribution in [0.15, 0.2) is 0 Å². The summed E-state index contributed by atoms with van der Waals surface area (Å²) < 4.78 is 0. The molecule has 0 aromatic carbocycles. The van der Waals surface area contributed by atoms with Crippen molar-refractivity contribution in [1.82, 2.24) is 0 Å². The summed E-state index contributed by atoms with van der Waals surface area (Å²) in [6, 6.07) is -0.352. The molecule has 29 heavy (non-hydrogen) atoms. The van der Waals surface area contributed by atoms with E-state index in [4.69, 9.17) is 5.73 Å². The summed E-state index contributed by atoms with van der Waals surface area (Å²) in [6.07, 6.45) is 6.42. The Hall–Kier alpha value is -1.23. The largest absolute Gasteiger partial charge is 0.481 e. The highest BCUT2D eigenvalue weighted by Crippen LogP contribution is 2.73. The monoisotopic (exact) mass is 403 g/mol. The van der Waals surface area contributed by atoms with Crippen LogP contribution in [0.5, 0.6) is 0 Å². The van der Waals surface area contributed by atoms with E-state index in [2.05, 4.69) is 27.7 Å². The molecule has 5 nitrogen and oxygen atoms in total. The molecule has 0 radical (unpaired) electrons. The molecule has 4 saturated carbocycles. The van der Waals surface area contributed by atoms with Gasteiger partial charge in [0.25, 0.3) is 0 Å². The molecule has 5 heteroatoms. The van der Waals surface area contributed by atoms with Crippen LogP contribution in [0.4, 0.5) is 0 Å². The van der Waals surface area contributed by atoms with Gasteiger partial charge in [-0.05, 0) is 66.1 Å². The average Bonchev–Trinajstić information content (AvgIpc) is 2.95. The highest BCUT2D eigenvalue weighted by Gasteiger charge is 2.70. The molecule has 4 fully saturated rings. The molecule has 162 valence electrons. The SMILES string of the molecule is C[C@]12CC[C@H]3[C@@](C)(C(=O)C[C@]4(C)CC(=O)CC[C@]34C)[C@@H]1CC[C@@H]2[C@H](N)CC(=O)O. The molecule has 0 aromatic heterocycles. The molecule has 0 unspecified atom stereocenters. The average molecular weight is 404 g/mol. The summed E-state index contributed by atoms with van der Waals surface area (Å²) in [6.45, 7) is 9.00. The standard InChI is InChI=1S/C24H37NO4/c1-21-12-14(26)7-10-23(21,3)18-8-9-22(2)15(16(25)11-20(28)29)5-6-17(22)24(18,4)19(27)13-21/h15-18H,5-13,25H2,1-4H3,(H,28,29)/t15-,16-,17-,18-,21+,22-,23-,24+/m1/s1. The third-order valence-electron chi connectivity index (χ3n) is 10.6. The maximum Gasteiger partial charge on any atom is 0.304 e. The first-order valence-corrected chi connectivity index (χ1v) is 11.4. The van der Waals surface area contributed by atoms with Crippen LogP contribution in [0, 0.1) is 39.4 Å². The van der Waals surface area contributed by atoms with E-state index in [-0.39, 0.29) is 46.0 Å². The minimum Gasteiger partial charge on any atom is -0.481 e. The summed E-state index contributed by atoms with van der Waals surface area (Å²) in [5, 5.41) is 9.26. The predicted molar refractivity (Wildman–Crippen MR) is 110 cm³/mol. The van der Waals surface area contributed by atoms with Crippen LogP contribution in [0.1, 0.15) is 85.5 Å². The molecule has 4 rings (SSSR count). The number of hydrogen-bond acceptors (Lipinski definition) is 4. The molecule has 0 heterocycles. The predicted octanol–water partition coefficient (Wildman–Crippen LogP) is 3.98. The minimum absolute atomic E-state index is 0.00103. The van der Waals surface area contributed by atoms with Crippen LogP contribution in [0.3, 0.4) is 0 Å². The normalized spacial score (nSPS) is 50.4. The van der Waals surface area contributed by atoms with Gasteiger partial charge in [-0.3, -0.25) is 14.4 Å². The fourth-order valence-electron chi connectivity index (χ4n) is 8.85. The van der Waals surface area contributed by atoms with E-state index in [1.54, 1.807) is 0 Å². The Balaban J connectivity index is 1.71. The van der Waals surface area contributed by atoms with Crippen LogP contribution in [-0.2, 0) is 14.4 Å². The van der Waals surface area contributed by atoms with E-state index in [1.807, 2.05) is 0 Å². The summed E-state index contributed by atoms with van der Waals surface area (Å²) in [7, 11) is 0. The van der Waals surface area contributed by atoms with Crippen LogP contribution in [0.25, 0.3) is 0 Å². The first kappa shape index (κ1) is 21.0. The third kappa shape index (κ3) is 2.65. The van der Waals surface area contributed by atoms with E-state index in [1.165, 1.54) is 0 Å². The third-order valence-corrected chi connectivity index (χ3v) is 10.6. The Labute approximate surface area is 174 Å². The Kier molecular flexibility index (Phi) is 4.63. The Morgan fingerprint density at radius 3 is 2.41 bits per heavy atom. The van der Waals surface area contributed by atoms with Crippen molar-refractivity contribution in [3.05, 3.63) is 0 Å². The number of hydrogen-bond donors (Lipinski definition) is 2. The van der Waals surface area contributed by atoms with Crippen molar-refractivity contribution in [2.45, 2.75) is 91.5 Å². The van der Waals surface area contributed by atoms with Gasteiger partial charge >= 0.3 is 5.97 Å². The van der Waals surface area contributed by atoms with Crippen molar-refractivity contribution < 1.29 is 19.5 Å². The first-order chi connectivity index (χ1) is 13.4. The van der Waals surface area contributed by atoms with Crippen molar-refractivity contribution in [3.63, 3.8) is 0 Å². The summed E-state index contributed by atoms with van der Waals surface area (Å²) in [5.41, 5.74) is 5.69. The van der Waals surface area contributed by atoms with Crippen LogP contribution in [0.2, 0.25) is 0 Å². The van der Waals surface area contributed by atoms with Gasteiger partial charge in [0, 0.05) is 30.7 Å². The molecule has 4 aliphatic carbocycles. The Morgan fingerprint density at radius 1 is 1.07 bits per heavy atom. The van der Waals surface area contributed by atoms with E-state index in [0.717, 1.165) is 32.1 Å². The van der Waals surface area contributed by atoms with Gasteiger partial charge in [-0.15, -0.1) is 0 Å². The molecule has 8 atom stereocenters. The molecule has 3 N–H and O–H groups in total. The number of carbonyl (C=O) groups excluding carboxylic acids is 2. The summed E-state index contributed by atoms with van der Waals surface area (Å²) >= 11 is 0. The number of rotatable bonds is 3. The van der Waals surface area contributed by atoms with Gasteiger partial charge < -0.3 is 10.8 Å². The lowest BCUT2D eigenvalue weighted by Crippen LogP contribution is -2.66. The number of carbonyl (C=O) groups is 3. The minimum atomic E-state index is -0.839. The van der Waals surface area contributed by atoms with Crippen molar-refractivity contribution in [2.24, 2.45) is 45.1 Å². The maximum absolute atomic E-state index is 13.8. The number of ketones is 2. The summed E-state index contributed by atoms with van der Waals surface area (Å²) in [5.74, 6) is 0.506. The molecule has 0 spiro atoms. The lowest BCUT2D eigenvalue weighted by molar-refractivity contribution is -0.198. The highest BCUT2D eigenvalue weighted by molar-refractivity contribution is 5.89. The van der Waals surface area contributed by atoms with Gasteiger partial charge in [0.15, 0.2) is 0 Å². The fourth-order valence-corrected chi connectivity index (χ4v) is 8.85. The zero-order valence-corrected chi connectivity index (χ0v) is 18.4. The van der Waals surface area contributed by atoms with Crippen LogP contribution < -0.4 is 5.73 Å². The Bertz CT molecular complexity index is 764. The maximum atomic E-state index is 13.8. The van der Waals surface area contributed by atoms with Gasteiger partial charge in [-0.25, -0.2) is 0 Å². The molecular formula is C24H37NO4. The van der Waals surface area contributed by atoms with Crippen LogP contribution in [-0.4, -0.2) is 28.7 Å². The molecule has 4 aliphatic rings. The van der Waals surface area contributed by atoms with Crippen molar-refractivity contribution >= 4 is 17.5 Å². The molecule has 0 amide bonds. The summed E-state index contributed by atoms with van der Waals surface area (Å²) in [4.78, 5) is 37.3. The number of fused-ring (bicyclic) bond motifs is 5.